The van der Waals surface area contributed by atoms with Crippen molar-refractivity contribution in [1.29, 1.82) is 0 Å². The van der Waals surface area contributed by atoms with E-state index in [2.05, 4.69) is 57.6 Å². The smallest absolute Gasteiger partial charge is 0.161 e. The lowest BCUT2D eigenvalue weighted by Gasteiger charge is -2.28. The van der Waals surface area contributed by atoms with Gasteiger partial charge in [0.1, 0.15) is 0 Å². The molecule has 0 saturated carbocycles. The summed E-state index contributed by atoms with van der Waals surface area (Å²) >= 11 is 3.54. The van der Waals surface area contributed by atoms with Gasteiger partial charge in [0.05, 0.1) is 14.2 Å². The Kier molecular flexibility index (Phi) is 4.69. The first-order valence-electron chi connectivity index (χ1n) is 7.44. The van der Waals surface area contributed by atoms with E-state index in [9.17, 15) is 0 Å². The van der Waals surface area contributed by atoms with Crippen LogP contribution in [0.2, 0.25) is 0 Å². The molecule has 1 aliphatic heterocycles. The summed E-state index contributed by atoms with van der Waals surface area (Å²) in [7, 11) is 3.37. The molecule has 2 aromatic carbocycles. The van der Waals surface area contributed by atoms with Gasteiger partial charge in [-0.05, 0) is 60.3 Å². The fourth-order valence-corrected chi connectivity index (χ4v) is 3.50. The van der Waals surface area contributed by atoms with Crippen LogP contribution in [0.3, 0.4) is 0 Å². The predicted octanol–water partition coefficient (Wildman–Crippen LogP) is 3.90. The van der Waals surface area contributed by atoms with Crippen LogP contribution in [-0.4, -0.2) is 20.8 Å². The molecule has 116 valence electrons. The molecule has 22 heavy (non-hydrogen) atoms. The van der Waals surface area contributed by atoms with Crippen molar-refractivity contribution < 1.29 is 9.47 Å². The van der Waals surface area contributed by atoms with Gasteiger partial charge in [-0.25, -0.2) is 0 Å². The molecule has 0 fully saturated rings. The minimum atomic E-state index is 0.304. The quantitative estimate of drug-likeness (QED) is 0.895. The highest BCUT2D eigenvalue weighted by Gasteiger charge is 2.22. The summed E-state index contributed by atoms with van der Waals surface area (Å²) < 4.78 is 12.0. The third-order valence-electron chi connectivity index (χ3n) is 4.13. The van der Waals surface area contributed by atoms with E-state index < -0.39 is 0 Å². The molecule has 0 aromatic heterocycles. The topological polar surface area (TPSA) is 30.5 Å². The van der Waals surface area contributed by atoms with Crippen molar-refractivity contribution in [3.8, 4) is 11.5 Å². The number of ether oxygens (including phenoxy) is 2. The second-order valence-corrected chi connectivity index (χ2v) is 6.41. The monoisotopic (exact) mass is 361 g/mol. The Balaban J connectivity index is 1.93. The van der Waals surface area contributed by atoms with Gasteiger partial charge in [0.2, 0.25) is 0 Å². The van der Waals surface area contributed by atoms with Crippen molar-refractivity contribution in [2.24, 2.45) is 0 Å². The fourth-order valence-electron chi connectivity index (χ4n) is 3.05. The maximum atomic E-state index is 5.46. The van der Waals surface area contributed by atoms with Crippen LogP contribution >= 0.6 is 15.9 Å². The summed E-state index contributed by atoms with van der Waals surface area (Å²) in [6.07, 6.45) is 1.98. The standard InChI is InChI=1S/C18H20BrNO2/c1-21-17-10-13-6-7-20-16(15(13)11-18(17)22-2)9-12-4-3-5-14(19)8-12/h3-5,8,10-11,16,20H,6-7,9H2,1-2H3. The first-order valence-corrected chi connectivity index (χ1v) is 8.23. The number of hydrogen-bond donors (Lipinski definition) is 1. The fraction of sp³-hybridized carbons (Fsp3) is 0.333. The molecule has 0 spiro atoms. The average Bonchev–Trinajstić information content (AvgIpc) is 2.54. The Labute approximate surface area is 139 Å². The minimum Gasteiger partial charge on any atom is -0.493 e. The first-order chi connectivity index (χ1) is 10.7. The van der Waals surface area contributed by atoms with E-state index in [4.69, 9.17) is 9.47 Å². The molecule has 0 radical (unpaired) electrons. The van der Waals surface area contributed by atoms with Gasteiger partial charge in [0.25, 0.3) is 0 Å². The van der Waals surface area contributed by atoms with Crippen molar-refractivity contribution in [3.05, 3.63) is 57.6 Å². The van der Waals surface area contributed by atoms with Crippen LogP contribution in [0.1, 0.15) is 22.7 Å². The zero-order valence-electron chi connectivity index (χ0n) is 12.9. The molecule has 3 nitrogen and oxygen atoms in total. The molecule has 0 amide bonds. The van der Waals surface area contributed by atoms with Crippen LogP contribution in [0.25, 0.3) is 0 Å². The number of methoxy groups -OCH3 is 2. The summed E-state index contributed by atoms with van der Waals surface area (Å²) in [4.78, 5) is 0. The molecule has 1 N–H and O–H groups in total. The van der Waals surface area contributed by atoms with Crippen LogP contribution in [-0.2, 0) is 12.8 Å². The molecular formula is C18H20BrNO2. The number of nitrogens with one attached hydrogen (secondary N) is 1. The molecule has 1 heterocycles. The van der Waals surface area contributed by atoms with E-state index in [1.54, 1.807) is 14.2 Å². The number of hydrogen-bond acceptors (Lipinski definition) is 3. The van der Waals surface area contributed by atoms with Crippen LogP contribution in [0.15, 0.2) is 40.9 Å². The molecule has 3 rings (SSSR count). The molecule has 1 unspecified atom stereocenters. The van der Waals surface area contributed by atoms with Crippen LogP contribution in [0.4, 0.5) is 0 Å². The Morgan fingerprint density at radius 2 is 1.91 bits per heavy atom. The van der Waals surface area contributed by atoms with Crippen molar-refractivity contribution in [3.63, 3.8) is 0 Å². The normalized spacial score (nSPS) is 17.0. The lowest BCUT2D eigenvalue weighted by molar-refractivity contribution is 0.352. The summed E-state index contributed by atoms with van der Waals surface area (Å²) in [5, 5.41) is 3.62. The van der Waals surface area contributed by atoms with Gasteiger partial charge in [-0.1, -0.05) is 28.1 Å². The van der Waals surface area contributed by atoms with Crippen molar-refractivity contribution >= 4 is 15.9 Å². The summed E-state index contributed by atoms with van der Waals surface area (Å²) in [5.74, 6) is 1.61. The zero-order chi connectivity index (χ0) is 15.5. The van der Waals surface area contributed by atoms with E-state index in [1.807, 2.05) is 0 Å². The zero-order valence-corrected chi connectivity index (χ0v) is 14.4. The molecule has 2 aromatic rings. The van der Waals surface area contributed by atoms with Gasteiger partial charge in [0, 0.05) is 10.5 Å². The molecular weight excluding hydrogens is 342 g/mol. The maximum absolute atomic E-state index is 5.46. The lowest BCUT2D eigenvalue weighted by atomic mass is 9.90. The van der Waals surface area contributed by atoms with Gasteiger partial charge in [0.15, 0.2) is 11.5 Å². The number of rotatable bonds is 4. The summed E-state index contributed by atoms with van der Waals surface area (Å²) in [5.41, 5.74) is 3.97. The minimum absolute atomic E-state index is 0.304. The van der Waals surface area contributed by atoms with Crippen molar-refractivity contribution in [1.82, 2.24) is 5.32 Å². The second kappa shape index (κ2) is 6.71. The predicted molar refractivity (Wildman–Crippen MR) is 91.8 cm³/mol. The molecule has 4 heteroatoms. The highest BCUT2D eigenvalue weighted by atomic mass is 79.9. The maximum Gasteiger partial charge on any atom is 0.161 e. The SMILES string of the molecule is COc1cc2c(cc1OC)C(Cc1cccc(Br)c1)NCC2. The summed E-state index contributed by atoms with van der Waals surface area (Å²) in [6, 6.07) is 13.0. The second-order valence-electron chi connectivity index (χ2n) is 5.50. The third-order valence-corrected chi connectivity index (χ3v) is 4.63. The molecule has 0 saturated heterocycles. The van der Waals surface area contributed by atoms with Gasteiger partial charge in [-0.15, -0.1) is 0 Å². The van der Waals surface area contributed by atoms with E-state index >= 15 is 0 Å². The van der Waals surface area contributed by atoms with E-state index in [-0.39, 0.29) is 0 Å². The van der Waals surface area contributed by atoms with Gasteiger partial charge in [-0.3, -0.25) is 0 Å². The molecule has 1 aliphatic rings. The Bertz CT molecular complexity index is 672. The number of halogens is 1. The highest BCUT2D eigenvalue weighted by Crippen LogP contribution is 2.36. The van der Waals surface area contributed by atoms with Crippen molar-refractivity contribution in [2.45, 2.75) is 18.9 Å². The molecule has 0 aliphatic carbocycles. The van der Waals surface area contributed by atoms with E-state index in [0.717, 1.165) is 35.4 Å². The van der Waals surface area contributed by atoms with Crippen LogP contribution in [0, 0.1) is 0 Å². The number of fused-ring (bicyclic) bond motifs is 1. The average molecular weight is 362 g/mol. The van der Waals surface area contributed by atoms with Gasteiger partial charge < -0.3 is 14.8 Å². The van der Waals surface area contributed by atoms with Gasteiger partial charge >= 0.3 is 0 Å². The largest absolute Gasteiger partial charge is 0.493 e. The van der Waals surface area contributed by atoms with E-state index in [1.165, 1.54) is 16.7 Å². The first kappa shape index (κ1) is 15.4. The Hall–Kier alpha value is -1.52. The third kappa shape index (κ3) is 3.13. The summed E-state index contributed by atoms with van der Waals surface area (Å²) in [6.45, 7) is 0.987. The molecule has 0 bridgehead atoms. The van der Waals surface area contributed by atoms with E-state index in [0.29, 0.717) is 6.04 Å². The Morgan fingerprint density at radius 1 is 1.14 bits per heavy atom. The molecule has 1 atom stereocenters. The van der Waals surface area contributed by atoms with Crippen molar-refractivity contribution in [2.75, 3.05) is 20.8 Å². The number of benzene rings is 2. The highest BCUT2D eigenvalue weighted by molar-refractivity contribution is 9.10. The lowest BCUT2D eigenvalue weighted by Crippen LogP contribution is -2.31. The van der Waals surface area contributed by atoms with Crippen LogP contribution in [0.5, 0.6) is 11.5 Å². The Morgan fingerprint density at radius 3 is 2.64 bits per heavy atom. The van der Waals surface area contributed by atoms with Gasteiger partial charge in [-0.2, -0.15) is 0 Å². The van der Waals surface area contributed by atoms with Crippen LogP contribution < -0.4 is 14.8 Å².